The van der Waals surface area contributed by atoms with E-state index in [0.29, 0.717) is 37.5 Å². The van der Waals surface area contributed by atoms with Gasteiger partial charge in [-0.1, -0.05) is 6.92 Å². The molecule has 24 heavy (non-hydrogen) atoms. The van der Waals surface area contributed by atoms with E-state index in [1.807, 2.05) is 12.3 Å². The van der Waals surface area contributed by atoms with Crippen LogP contribution in [0.25, 0.3) is 0 Å². The number of nitrogens with zero attached hydrogens (tertiary/aromatic N) is 2. The standard InChI is InChI=1S/C15H24N4O3S2/c1-2-11-24(21,22)19-8-5-15(6-9-19,13(20)17-12-3-4-12)18-14-16-7-10-23-14/h7,10,12H,2-6,8-9,11H2,1H3,(H,16,18)(H,17,20). The molecule has 9 heteroatoms. The number of nitrogens with one attached hydrogen (secondary N) is 2. The first-order valence-electron chi connectivity index (χ1n) is 8.42. The SMILES string of the molecule is CCCS(=O)(=O)N1CCC(Nc2nccs2)(C(=O)NC2CC2)CC1. The maximum Gasteiger partial charge on any atom is 0.246 e. The van der Waals surface area contributed by atoms with Crippen molar-refractivity contribution in [3.8, 4) is 0 Å². The zero-order valence-electron chi connectivity index (χ0n) is 13.8. The predicted octanol–water partition coefficient (Wildman–Crippen LogP) is 1.41. The number of hydrogen-bond donors (Lipinski definition) is 2. The summed E-state index contributed by atoms with van der Waals surface area (Å²) in [5, 5.41) is 8.90. The van der Waals surface area contributed by atoms with Gasteiger partial charge in [0.25, 0.3) is 0 Å². The van der Waals surface area contributed by atoms with E-state index >= 15 is 0 Å². The van der Waals surface area contributed by atoms with E-state index in [9.17, 15) is 13.2 Å². The maximum absolute atomic E-state index is 12.8. The Balaban J connectivity index is 1.73. The van der Waals surface area contributed by atoms with E-state index in [-0.39, 0.29) is 17.7 Å². The number of sulfonamides is 1. The van der Waals surface area contributed by atoms with Crippen LogP contribution in [0, 0.1) is 0 Å². The summed E-state index contributed by atoms with van der Waals surface area (Å²) in [6, 6.07) is 0.273. The molecule has 2 N–H and O–H groups in total. The van der Waals surface area contributed by atoms with Crippen molar-refractivity contribution in [2.45, 2.75) is 50.6 Å². The van der Waals surface area contributed by atoms with Crippen LogP contribution >= 0.6 is 11.3 Å². The molecule has 1 aliphatic carbocycles. The maximum atomic E-state index is 12.8. The van der Waals surface area contributed by atoms with E-state index < -0.39 is 15.6 Å². The van der Waals surface area contributed by atoms with Gasteiger partial charge in [0, 0.05) is 30.7 Å². The second-order valence-corrected chi connectivity index (χ2v) is 9.49. The van der Waals surface area contributed by atoms with E-state index in [2.05, 4.69) is 15.6 Å². The molecule has 1 saturated carbocycles. The van der Waals surface area contributed by atoms with Crippen LogP contribution in [0.3, 0.4) is 0 Å². The molecule has 0 radical (unpaired) electrons. The topological polar surface area (TPSA) is 91.4 Å². The third kappa shape index (κ3) is 3.89. The van der Waals surface area contributed by atoms with Crippen LogP contribution in [-0.4, -0.2) is 54.0 Å². The molecule has 1 amide bonds. The Morgan fingerprint density at radius 3 is 2.67 bits per heavy atom. The lowest BCUT2D eigenvalue weighted by molar-refractivity contribution is -0.126. The van der Waals surface area contributed by atoms with Crippen molar-refractivity contribution in [1.82, 2.24) is 14.6 Å². The Bertz CT molecular complexity index is 663. The van der Waals surface area contributed by atoms with Crippen LogP contribution in [0.15, 0.2) is 11.6 Å². The van der Waals surface area contributed by atoms with Crippen LogP contribution in [-0.2, 0) is 14.8 Å². The number of anilines is 1. The minimum atomic E-state index is -3.22. The summed E-state index contributed by atoms with van der Waals surface area (Å²) in [7, 11) is -3.22. The monoisotopic (exact) mass is 372 g/mol. The molecule has 1 aromatic rings. The van der Waals surface area contributed by atoms with E-state index in [1.54, 1.807) is 6.20 Å². The Morgan fingerprint density at radius 1 is 1.42 bits per heavy atom. The predicted molar refractivity (Wildman–Crippen MR) is 94.5 cm³/mol. The van der Waals surface area contributed by atoms with Gasteiger partial charge in [-0.15, -0.1) is 11.3 Å². The summed E-state index contributed by atoms with van der Waals surface area (Å²) < 4.78 is 26.0. The Hall–Kier alpha value is -1.19. The number of amides is 1. The third-order valence-electron chi connectivity index (χ3n) is 4.56. The number of thiazole rings is 1. The highest BCUT2D eigenvalue weighted by Crippen LogP contribution is 2.31. The molecule has 134 valence electrons. The summed E-state index contributed by atoms with van der Waals surface area (Å²) in [5.41, 5.74) is -0.779. The lowest BCUT2D eigenvalue weighted by Crippen LogP contribution is -2.59. The van der Waals surface area contributed by atoms with Crippen molar-refractivity contribution >= 4 is 32.4 Å². The van der Waals surface area contributed by atoms with Gasteiger partial charge in [0.2, 0.25) is 15.9 Å². The fraction of sp³-hybridized carbons (Fsp3) is 0.733. The zero-order chi connectivity index (χ0) is 17.2. The Morgan fingerprint density at radius 2 is 2.12 bits per heavy atom. The number of carbonyl (C=O) groups excluding carboxylic acids is 1. The van der Waals surface area contributed by atoms with Gasteiger partial charge in [-0.2, -0.15) is 0 Å². The highest BCUT2D eigenvalue weighted by molar-refractivity contribution is 7.89. The average Bonchev–Trinajstić information content (AvgIpc) is 3.21. The number of rotatable bonds is 7. The molecule has 1 saturated heterocycles. The fourth-order valence-electron chi connectivity index (χ4n) is 2.98. The van der Waals surface area contributed by atoms with Crippen molar-refractivity contribution < 1.29 is 13.2 Å². The molecule has 0 aromatic carbocycles. The normalized spacial score (nSPS) is 21.4. The van der Waals surface area contributed by atoms with E-state index in [0.717, 1.165) is 12.8 Å². The van der Waals surface area contributed by atoms with Gasteiger partial charge in [0.1, 0.15) is 5.54 Å². The summed E-state index contributed by atoms with van der Waals surface area (Å²) in [4.78, 5) is 17.0. The average molecular weight is 373 g/mol. The number of aromatic nitrogens is 1. The van der Waals surface area contributed by atoms with Gasteiger partial charge in [0.15, 0.2) is 5.13 Å². The van der Waals surface area contributed by atoms with Crippen molar-refractivity contribution in [3.05, 3.63) is 11.6 Å². The number of piperidine rings is 1. The quantitative estimate of drug-likeness (QED) is 0.755. The lowest BCUT2D eigenvalue weighted by atomic mass is 9.87. The number of carbonyl (C=O) groups is 1. The van der Waals surface area contributed by atoms with E-state index in [4.69, 9.17) is 0 Å². The van der Waals surface area contributed by atoms with Crippen LogP contribution in [0.4, 0.5) is 5.13 Å². The van der Waals surface area contributed by atoms with Crippen LogP contribution in [0.2, 0.25) is 0 Å². The molecule has 7 nitrogen and oxygen atoms in total. The molecule has 2 heterocycles. The summed E-state index contributed by atoms with van der Waals surface area (Å²) >= 11 is 1.45. The largest absolute Gasteiger partial charge is 0.351 e. The van der Waals surface area contributed by atoms with Gasteiger partial charge in [-0.3, -0.25) is 4.79 Å². The van der Waals surface area contributed by atoms with Gasteiger partial charge in [-0.25, -0.2) is 17.7 Å². The van der Waals surface area contributed by atoms with Gasteiger partial charge in [0.05, 0.1) is 5.75 Å². The van der Waals surface area contributed by atoms with Crippen LogP contribution in [0.1, 0.15) is 39.0 Å². The van der Waals surface area contributed by atoms with E-state index in [1.165, 1.54) is 15.6 Å². The molecular weight excluding hydrogens is 348 g/mol. The molecule has 3 rings (SSSR count). The third-order valence-corrected chi connectivity index (χ3v) is 7.32. The first kappa shape index (κ1) is 17.6. The molecular formula is C15H24N4O3S2. The second-order valence-electron chi connectivity index (χ2n) is 6.51. The molecule has 2 aliphatic rings. The van der Waals surface area contributed by atoms with Crippen molar-refractivity contribution in [2.24, 2.45) is 0 Å². The molecule has 1 aliphatic heterocycles. The Labute approximate surface area is 146 Å². The first-order valence-corrected chi connectivity index (χ1v) is 10.9. The minimum absolute atomic E-state index is 0.0345. The van der Waals surface area contributed by atoms with Crippen molar-refractivity contribution in [1.29, 1.82) is 0 Å². The lowest BCUT2D eigenvalue weighted by Gasteiger charge is -2.40. The van der Waals surface area contributed by atoms with Crippen LogP contribution < -0.4 is 10.6 Å². The molecule has 2 fully saturated rings. The summed E-state index contributed by atoms with van der Waals surface area (Å²) in [6.07, 6.45) is 5.25. The smallest absolute Gasteiger partial charge is 0.246 e. The van der Waals surface area contributed by atoms with Gasteiger partial charge < -0.3 is 10.6 Å². The number of hydrogen-bond acceptors (Lipinski definition) is 6. The Kier molecular flexibility index (Phi) is 5.12. The summed E-state index contributed by atoms with van der Waals surface area (Å²) in [6.45, 7) is 2.58. The molecule has 0 atom stereocenters. The molecule has 1 aromatic heterocycles. The van der Waals surface area contributed by atoms with Crippen LogP contribution in [0.5, 0.6) is 0 Å². The molecule has 0 bridgehead atoms. The second kappa shape index (κ2) is 6.97. The van der Waals surface area contributed by atoms with Crippen molar-refractivity contribution in [2.75, 3.05) is 24.2 Å². The minimum Gasteiger partial charge on any atom is -0.351 e. The highest BCUT2D eigenvalue weighted by Gasteiger charge is 2.45. The first-order chi connectivity index (χ1) is 11.5. The highest BCUT2D eigenvalue weighted by atomic mass is 32.2. The molecule has 0 unspecified atom stereocenters. The van der Waals surface area contributed by atoms with Gasteiger partial charge in [-0.05, 0) is 32.1 Å². The summed E-state index contributed by atoms with van der Waals surface area (Å²) in [5.74, 6) is 0.126. The fourth-order valence-corrected chi connectivity index (χ4v) is 5.12. The zero-order valence-corrected chi connectivity index (χ0v) is 15.5. The van der Waals surface area contributed by atoms with Gasteiger partial charge >= 0.3 is 0 Å². The van der Waals surface area contributed by atoms with Crippen molar-refractivity contribution in [3.63, 3.8) is 0 Å². The molecule has 0 spiro atoms.